The highest BCUT2D eigenvalue weighted by Crippen LogP contribution is 2.46. The van der Waals surface area contributed by atoms with E-state index in [1.807, 2.05) is 17.0 Å². The maximum Gasteiger partial charge on any atom is 0.226 e. The van der Waals surface area contributed by atoms with E-state index < -0.39 is 0 Å². The van der Waals surface area contributed by atoms with E-state index in [0.29, 0.717) is 12.2 Å². The van der Waals surface area contributed by atoms with Crippen LogP contribution in [0.3, 0.4) is 0 Å². The highest BCUT2D eigenvalue weighted by atomic mass is 16.5. The van der Waals surface area contributed by atoms with Gasteiger partial charge in [0.1, 0.15) is 0 Å². The molecule has 3 atom stereocenters. The maximum atomic E-state index is 13.0. The van der Waals surface area contributed by atoms with Crippen LogP contribution < -0.4 is 9.47 Å². The predicted molar refractivity (Wildman–Crippen MR) is 91.3 cm³/mol. The number of carbonyl (C=O) groups is 1. The molecule has 0 aromatic heterocycles. The Morgan fingerprint density at radius 3 is 2.58 bits per heavy atom. The Labute approximate surface area is 143 Å². The molecule has 1 aromatic rings. The minimum atomic E-state index is 0.0371. The molecule has 5 heteroatoms. The summed E-state index contributed by atoms with van der Waals surface area (Å²) in [6, 6.07) is 4.16. The molecular formula is C19H27NO4. The molecule has 1 N–H and O–H groups in total. The molecule has 1 amide bonds. The van der Waals surface area contributed by atoms with Crippen LogP contribution in [0.25, 0.3) is 0 Å². The second kappa shape index (κ2) is 7.01. The Hall–Kier alpha value is -1.75. The van der Waals surface area contributed by atoms with E-state index in [-0.39, 0.29) is 30.4 Å². The van der Waals surface area contributed by atoms with Gasteiger partial charge in [0.2, 0.25) is 5.91 Å². The zero-order valence-electron chi connectivity index (χ0n) is 14.7. The third kappa shape index (κ3) is 2.75. The third-order valence-corrected chi connectivity index (χ3v) is 5.64. The van der Waals surface area contributed by atoms with Gasteiger partial charge in [-0.1, -0.05) is 6.92 Å². The number of ether oxygens (including phenoxy) is 2. The first-order valence-electron chi connectivity index (χ1n) is 8.80. The van der Waals surface area contributed by atoms with Crippen molar-refractivity contribution in [3.8, 4) is 11.5 Å². The second-order valence-electron chi connectivity index (χ2n) is 6.73. The molecule has 132 valence electrons. The first kappa shape index (κ1) is 17.1. The van der Waals surface area contributed by atoms with Crippen molar-refractivity contribution < 1.29 is 19.4 Å². The van der Waals surface area contributed by atoms with Crippen molar-refractivity contribution in [3.05, 3.63) is 23.3 Å². The minimum absolute atomic E-state index is 0.0371. The van der Waals surface area contributed by atoms with E-state index >= 15 is 0 Å². The molecule has 0 radical (unpaired) electrons. The molecule has 24 heavy (non-hydrogen) atoms. The monoisotopic (exact) mass is 333 g/mol. The summed E-state index contributed by atoms with van der Waals surface area (Å²) in [4.78, 5) is 15.0. The summed E-state index contributed by atoms with van der Waals surface area (Å²) in [5.74, 6) is 1.97. The van der Waals surface area contributed by atoms with Gasteiger partial charge in [-0.25, -0.2) is 0 Å². The number of aliphatic hydroxyl groups is 1. The predicted octanol–water partition coefficient (Wildman–Crippen LogP) is 2.56. The van der Waals surface area contributed by atoms with Gasteiger partial charge in [0, 0.05) is 19.1 Å². The van der Waals surface area contributed by atoms with Crippen molar-refractivity contribution in [3.63, 3.8) is 0 Å². The Morgan fingerprint density at radius 2 is 1.96 bits per heavy atom. The molecule has 2 aliphatic rings. The Morgan fingerprint density at radius 1 is 1.25 bits per heavy atom. The second-order valence-corrected chi connectivity index (χ2v) is 6.73. The minimum Gasteiger partial charge on any atom is -0.493 e. The van der Waals surface area contributed by atoms with Gasteiger partial charge in [0.25, 0.3) is 0 Å². The lowest BCUT2D eigenvalue weighted by atomic mass is 9.74. The van der Waals surface area contributed by atoms with E-state index in [1.165, 1.54) is 11.1 Å². The quantitative estimate of drug-likeness (QED) is 0.900. The number of fused-ring (bicyclic) bond motifs is 3. The molecule has 0 aliphatic carbocycles. The number of benzene rings is 1. The highest BCUT2D eigenvalue weighted by molar-refractivity contribution is 5.81. The SMILES string of the molecule is CC[C@H]1C(=O)N2CCc3cc(OC)c(OC)cc3[C@@H]2C[C@@H]1CCO. The molecule has 1 fully saturated rings. The van der Waals surface area contributed by atoms with Crippen molar-refractivity contribution in [2.75, 3.05) is 27.4 Å². The molecular weight excluding hydrogens is 306 g/mol. The van der Waals surface area contributed by atoms with Crippen molar-refractivity contribution in [2.24, 2.45) is 11.8 Å². The molecule has 2 heterocycles. The molecule has 2 aliphatic heterocycles. The first-order chi connectivity index (χ1) is 11.6. The summed E-state index contributed by atoms with van der Waals surface area (Å²) in [5.41, 5.74) is 2.41. The number of nitrogens with zero attached hydrogens (tertiary/aromatic N) is 1. The van der Waals surface area contributed by atoms with Crippen molar-refractivity contribution in [2.45, 2.75) is 38.6 Å². The van der Waals surface area contributed by atoms with Crippen LogP contribution in [0.15, 0.2) is 12.1 Å². The number of amides is 1. The molecule has 3 rings (SSSR count). The van der Waals surface area contributed by atoms with Gasteiger partial charge in [-0.15, -0.1) is 0 Å². The summed E-state index contributed by atoms with van der Waals surface area (Å²) in [6.07, 6.45) is 3.29. The normalized spacial score (nSPS) is 25.9. The average molecular weight is 333 g/mol. The average Bonchev–Trinajstić information content (AvgIpc) is 2.60. The molecule has 5 nitrogen and oxygen atoms in total. The van der Waals surface area contributed by atoms with Crippen LogP contribution in [-0.2, 0) is 11.2 Å². The standard InChI is InChI=1S/C19H27NO4/c1-4-14-13(6-8-21)9-16-15-11-18(24-3)17(23-2)10-12(15)5-7-20(16)19(14)22/h10-11,13-14,16,21H,4-9H2,1-3H3/t13-,14+,16-/m0/s1. The number of methoxy groups -OCH3 is 2. The topological polar surface area (TPSA) is 59.0 Å². The number of rotatable bonds is 5. The Bertz CT molecular complexity index is 616. The summed E-state index contributed by atoms with van der Waals surface area (Å²) in [6.45, 7) is 2.97. The van der Waals surface area contributed by atoms with E-state index in [0.717, 1.165) is 31.6 Å². The van der Waals surface area contributed by atoms with E-state index in [1.54, 1.807) is 14.2 Å². The molecule has 0 saturated carbocycles. The number of carbonyl (C=O) groups excluding carboxylic acids is 1. The molecule has 1 saturated heterocycles. The van der Waals surface area contributed by atoms with Crippen LogP contribution in [0.2, 0.25) is 0 Å². The van der Waals surface area contributed by atoms with Gasteiger partial charge >= 0.3 is 0 Å². The van der Waals surface area contributed by atoms with E-state index in [2.05, 4.69) is 6.92 Å². The molecule has 0 bridgehead atoms. The summed E-state index contributed by atoms with van der Waals surface area (Å²) < 4.78 is 10.9. The van der Waals surface area contributed by atoms with Gasteiger partial charge < -0.3 is 19.5 Å². The van der Waals surface area contributed by atoms with Crippen molar-refractivity contribution in [1.82, 2.24) is 4.90 Å². The zero-order valence-corrected chi connectivity index (χ0v) is 14.7. The number of hydrogen-bond donors (Lipinski definition) is 1. The number of aliphatic hydroxyl groups excluding tert-OH is 1. The lowest BCUT2D eigenvalue weighted by Crippen LogP contribution is -2.50. The zero-order chi connectivity index (χ0) is 17.3. The first-order valence-corrected chi connectivity index (χ1v) is 8.80. The van der Waals surface area contributed by atoms with E-state index in [9.17, 15) is 9.90 Å². The summed E-state index contributed by atoms with van der Waals surface area (Å²) in [7, 11) is 3.28. The van der Waals surface area contributed by atoms with Crippen LogP contribution in [0, 0.1) is 11.8 Å². The summed E-state index contributed by atoms with van der Waals surface area (Å²) >= 11 is 0. The maximum absolute atomic E-state index is 13.0. The molecule has 1 aromatic carbocycles. The van der Waals surface area contributed by atoms with Gasteiger partial charge in [-0.3, -0.25) is 4.79 Å². The van der Waals surface area contributed by atoms with Gasteiger partial charge in [0.05, 0.1) is 20.3 Å². The lowest BCUT2D eigenvalue weighted by Gasteiger charge is -2.46. The van der Waals surface area contributed by atoms with Gasteiger partial charge in [-0.2, -0.15) is 0 Å². The third-order valence-electron chi connectivity index (χ3n) is 5.64. The van der Waals surface area contributed by atoms with E-state index in [4.69, 9.17) is 9.47 Å². The largest absolute Gasteiger partial charge is 0.493 e. The van der Waals surface area contributed by atoms with Gasteiger partial charge in [-0.05, 0) is 54.9 Å². The summed E-state index contributed by atoms with van der Waals surface area (Å²) in [5, 5.41) is 9.40. The molecule has 0 spiro atoms. The van der Waals surface area contributed by atoms with Crippen LogP contribution in [0.5, 0.6) is 11.5 Å². The molecule has 0 unspecified atom stereocenters. The Balaban J connectivity index is 1.99. The van der Waals surface area contributed by atoms with Crippen LogP contribution in [0.1, 0.15) is 43.4 Å². The smallest absolute Gasteiger partial charge is 0.226 e. The van der Waals surface area contributed by atoms with Crippen LogP contribution in [-0.4, -0.2) is 43.3 Å². The fourth-order valence-electron chi connectivity index (χ4n) is 4.40. The van der Waals surface area contributed by atoms with Crippen molar-refractivity contribution in [1.29, 1.82) is 0 Å². The number of piperidine rings is 1. The Kier molecular flexibility index (Phi) is 4.99. The highest BCUT2D eigenvalue weighted by Gasteiger charge is 2.43. The van der Waals surface area contributed by atoms with Crippen molar-refractivity contribution >= 4 is 5.91 Å². The van der Waals surface area contributed by atoms with Crippen LogP contribution in [0.4, 0.5) is 0 Å². The fraction of sp³-hybridized carbons (Fsp3) is 0.632. The fourth-order valence-corrected chi connectivity index (χ4v) is 4.40. The van der Waals surface area contributed by atoms with Gasteiger partial charge in [0.15, 0.2) is 11.5 Å². The lowest BCUT2D eigenvalue weighted by molar-refractivity contribution is -0.146. The van der Waals surface area contributed by atoms with Crippen LogP contribution >= 0.6 is 0 Å². The number of hydrogen-bond acceptors (Lipinski definition) is 4.